The van der Waals surface area contributed by atoms with Crippen molar-refractivity contribution in [3.63, 3.8) is 0 Å². The van der Waals surface area contributed by atoms with Crippen LogP contribution in [-0.2, 0) is 17.6 Å². The second-order valence-corrected chi connectivity index (χ2v) is 11.9. The zero-order valence-corrected chi connectivity index (χ0v) is 27.8. The van der Waals surface area contributed by atoms with E-state index in [0.717, 1.165) is 54.3 Å². The molecular formula is C38H56N2O2. The number of Topliss-reactive ketones (excluding diaryl/α,β-unsaturated/α-hetero) is 1. The molecule has 4 nitrogen and oxygen atoms in total. The number of ketones is 1. The number of hydrogen-bond acceptors (Lipinski definition) is 4. The van der Waals surface area contributed by atoms with Gasteiger partial charge in [-0.05, 0) is 67.2 Å². The molecule has 4 rings (SSSR count). The van der Waals surface area contributed by atoms with E-state index in [4.69, 9.17) is 4.74 Å². The summed E-state index contributed by atoms with van der Waals surface area (Å²) in [6.45, 7) is 20.8. The summed E-state index contributed by atoms with van der Waals surface area (Å²) in [7, 11) is 0. The van der Waals surface area contributed by atoms with E-state index < -0.39 is 0 Å². The van der Waals surface area contributed by atoms with Crippen LogP contribution in [0.3, 0.4) is 0 Å². The molecule has 1 unspecified atom stereocenters. The Morgan fingerprint density at radius 2 is 1.62 bits per heavy atom. The molecule has 0 bridgehead atoms. The number of carbonyl (C=O) groups is 1. The van der Waals surface area contributed by atoms with Gasteiger partial charge in [0.15, 0.2) is 5.78 Å². The van der Waals surface area contributed by atoms with Crippen molar-refractivity contribution in [2.45, 2.75) is 106 Å². The van der Waals surface area contributed by atoms with Crippen molar-refractivity contribution in [2.75, 3.05) is 18.5 Å². The number of hydrogen-bond donors (Lipinski definition) is 1. The summed E-state index contributed by atoms with van der Waals surface area (Å²) in [5.74, 6) is 1.66. The molecule has 0 aliphatic carbocycles. The number of nitrogens with zero attached hydrogens (tertiary/aromatic N) is 1. The molecule has 4 heteroatoms. The summed E-state index contributed by atoms with van der Waals surface area (Å²) in [6.07, 6.45) is 7.46. The van der Waals surface area contributed by atoms with Gasteiger partial charge in [-0.15, -0.1) is 0 Å². The normalized spacial score (nSPS) is 14.0. The molecule has 230 valence electrons. The highest BCUT2D eigenvalue weighted by molar-refractivity contribution is 6.00. The molecule has 2 aromatic carbocycles. The first-order valence-corrected chi connectivity index (χ1v) is 16.2. The number of nitrogens with one attached hydrogen (secondary N) is 1. The van der Waals surface area contributed by atoms with Crippen LogP contribution >= 0.6 is 0 Å². The van der Waals surface area contributed by atoms with Gasteiger partial charge in [-0.3, -0.25) is 9.78 Å². The van der Waals surface area contributed by atoms with Crippen LogP contribution in [0.5, 0.6) is 0 Å². The Morgan fingerprint density at radius 1 is 0.929 bits per heavy atom. The summed E-state index contributed by atoms with van der Waals surface area (Å²) in [6, 6.07) is 19.4. The molecule has 42 heavy (non-hydrogen) atoms. The standard InChI is InChI=1S/C23H30N2O2.C13H20.C2H6/c1-4-8-21(26)22-20(25-23(11-5-2)15-27-16-23)13-19(14-24-22)18-10-7-9-17(6-3)12-18;1-10(2)12(4)9-13-7-5-6-11(3)8-13;1-2/h7,9-10,12-14,25H,4-6,8,11,15-16H2,1-3H3;5-8,10,12H,9H2,1-4H3;1-2H3. The number of aromatic nitrogens is 1. The second kappa shape index (κ2) is 17.9. The van der Waals surface area contributed by atoms with Gasteiger partial charge in [0, 0.05) is 18.2 Å². The van der Waals surface area contributed by atoms with E-state index in [9.17, 15) is 4.79 Å². The first kappa shape index (κ1) is 35.2. The molecule has 1 fully saturated rings. The molecule has 0 saturated carbocycles. The molecule has 1 atom stereocenters. The minimum atomic E-state index is -0.0818. The predicted molar refractivity (Wildman–Crippen MR) is 181 cm³/mol. The van der Waals surface area contributed by atoms with Gasteiger partial charge in [0.05, 0.1) is 24.4 Å². The zero-order chi connectivity index (χ0) is 31.1. The van der Waals surface area contributed by atoms with Crippen LogP contribution in [0.15, 0.2) is 60.8 Å². The van der Waals surface area contributed by atoms with Crippen molar-refractivity contribution in [3.8, 4) is 11.1 Å². The zero-order valence-electron chi connectivity index (χ0n) is 27.8. The predicted octanol–water partition coefficient (Wildman–Crippen LogP) is 10.1. The summed E-state index contributed by atoms with van der Waals surface area (Å²) in [5.41, 5.74) is 7.61. The summed E-state index contributed by atoms with van der Waals surface area (Å²) >= 11 is 0. The highest BCUT2D eigenvalue weighted by Gasteiger charge is 2.38. The number of pyridine rings is 1. The van der Waals surface area contributed by atoms with Gasteiger partial charge < -0.3 is 10.1 Å². The fourth-order valence-electron chi connectivity index (χ4n) is 5.09. The molecule has 1 aliphatic heterocycles. The first-order chi connectivity index (χ1) is 20.2. The lowest BCUT2D eigenvalue weighted by atomic mass is 9.90. The highest BCUT2D eigenvalue weighted by atomic mass is 16.5. The van der Waals surface area contributed by atoms with E-state index in [1.54, 1.807) is 0 Å². The summed E-state index contributed by atoms with van der Waals surface area (Å²) < 4.78 is 5.49. The lowest BCUT2D eigenvalue weighted by molar-refractivity contribution is -0.0456. The maximum absolute atomic E-state index is 12.6. The second-order valence-electron chi connectivity index (χ2n) is 11.9. The van der Waals surface area contributed by atoms with Crippen LogP contribution in [0, 0.1) is 18.8 Å². The molecule has 2 heterocycles. The maximum atomic E-state index is 12.6. The first-order valence-electron chi connectivity index (χ1n) is 16.2. The Balaban J connectivity index is 0.000000345. The Bertz CT molecular complexity index is 1230. The number of aryl methyl sites for hydroxylation is 2. The van der Waals surface area contributed by atoms with E-state index >= 15 is 0 Å². The topological polar surface area (TPSA) is 51.2 Å². The number of ether oxygens (including phenoxy) is 1. The van der Waals surface area contributed by atoms with Gasteiger partial charge in [-0.2, -0.15) is 0 Å². The number of carbonyl (C=O) groups excluding carboxylic acids is 1. The van der Waals surface area contributed by atoms with E-state index in [-0.39, 0.29) is 11.3 Å². The molecule has 0 amide bonds. The third-order valence-corrected chi connectivity index (χ3v) is 7.96. The summed E-state index contributed by atoms with van der Waals surface area (Å²) in [5, 5.41) is 3.63. The summed E-state index contributed by atoms with van der Waals surface area (Å²) in [4.78, 5) is 17.2. The monoisotopic (exact) mass is 572 g/mol. The van der Waals surface area contributed by atoms with Gasteiger partial charge in [0.25, 0.3) is 0 Å². The van der Waals surface area contributed by atoms with Gasteiger partial charge >= 0.3 is 0 Å². The fourth-order valence-corrected chi connectivity index (χ4v) is 5.09. The van der Waals surface area contributed by atoms with E-state index in [1.807, 2.05) is 27.0 Å². The average Bonchev–Trinajstić information content (AvgIpc) is 2.97. The minimum Gasteiger partial charge on any atom is -0.376 e. The largest absolute Gasteiger partial charge is 0.376 e. The van der Waals surface area contributed by atoms with Crippen LogP contribution in [-0.4, -0.2) is 29.5 Å². The molecule has 1 aromatic heterocycles. The lowest BCUT2D eigenvalue weighted by Gasteiger charge is -2.43. The van der Waals surface area contributed by atoms with Gasteiger partial charge in [0.1, 0.15) is 5.69 Å². The smallest absolute Gasteiger partial charge is 0.183 e. The van der Waals surface area contributed by atoms with E-state index in [1.165, 1.54) is 23.1 Å². The average molecular weight is 573 g/mol. The van der Waals surface area contributed by atoms with E-state index in [2.05, 4.69) is 106 Å². The van der Waals surface area contributed by atoms with Crippen molar-refractivity contribution in [3.05, 3.63) is 83.2 Å². The van der Waals surface area contributed by atoms with Gasteiger partial charge in [-0.25, -0.2) is 0 Å². The van der Waals surface area contributed by atoms with Gasteiger partial charge in [0.2, 0.25) is 0 Å². The Kier molecular flexibility index (Phi) is 15.0. The van der Waals surface area contributed by atoms with E-state index in [0.29, 0.717) is 25.3 Å². The Morgan fingerprint density at radius 3 is 2.19 bits per heavy atom. The molecule has 0 radical (unpaired) electrons. The molecular weight excluding hydrogens is 516 g/mol. The molecule has 3 aromatic rings. The molecule has 0 spiro atoms. The molecule has 1 aliphatic rings. The SMILES string of the molecule is CC.CCCC(=O)c1ncc(-c2cccc(CC)c2)cc1NC1(CCC)COC1.Cc1cccc(CC(C)C(C)C)c1. The number of benzene rings is 2. The van der Waals surface area contributed by atoms with Crippen LogP contribution < -0.4 is 5.32 Å². The van der Waals surface area contributed by atoms with Crippen molar-refractivity contribution >= 4 is 11.5 Å². The third kappa shape index (κ3) is 10.4. The Labute approximate surface area is 256 Å². The number of rotatable bonds is 12. The van der Waals surface area contributed by atoms with Gasteiger partial charge in [-0.1, -0.05) is 116 Å². The quantitative estimate of drug-likeness (QED) is 0.219. The molecule has 1 N–H and O–H groups in total. The van der Waals surface area contributed by atoms with Crippen molar-refractivity contribution in [1.82, 2.24) is 4.98 Å². The highest BCUT2D eigenvalue weighted by Crippen LogP contribution is 2.32. The third-order valence-electron chi connectivity index (χ3n) is 7.96. The van der Waals surface area contributed by atoms with Crippen LogP contribution in [0.25, 0.3) is 11.1 Å². The minimum absolute atomic E-state index is 0.0818. The van der Waals surface area contributed by atoms with Crippen LogP contribution in [0.4, 0.5) is 5.69 Å². The number of anilines is 1. The molecule has 1 saturated heterocycles. The van der Waals surface area contributed by atoms with Crippen LogP contribution in [0.1, 0.15) is 108 Å². The maximum Gasteiger partial charge on any atom is 0.183 e. The van der Waals surface area contributed by atoms with Crippen molar-refractivity contribution in [1.29, 1.82) is 0 Å². The Hall–Kier alpha value is -2.98. The van der Waals surface area contributed by atoms with Crippen molar-refractivity contribution in [2.24, 2.45) is 11.8 Å². The van der Waals surface area contributed by atoms with Crippen LogP contribution in [0.2, 0.25) is 0 Å². The van der Waals surface area contributed by atoms with Crippen molar-refractivity contribution < 1.29 is 9.53 Å². The lowest BCUT2D eigenvalue weighted by Crippen LogP contribution is -2.56. The fraction of sp³-hybridized carbons (Fsp3) is 0.526.